The molecular weight excluding hydrogens is 190 g/mol. The molecule has 0 rings (SSSR count). The predicted molar refractivity (Wildman–Crippen MR) is 62.8 cm³/mol. The van der Waals surface area contributed by atoms with Crippen molar-refractivity contribution in [3.63, 3.8) is 0 Å². The normalized spacial score (nSPS) is 13.7. The molecule has 90 valence electrons. The van der Waals surface area contributed by atoms with E-state index in [-0.39, 0.29) is 17.4 Å². The van der Waals surface area contributed by atoms with Crippen molar-refractivity contribution in [1.29, 1.82) is 0 Å². The number of nitrogens with one attached hydrogen (secondary N) is 1. The SMILES string of the molecule is CCCNC(CC(C)(C)C)C(=O)OCC. The number of hydrogen-bond acceptors (Lipinski definition) is 3. The van der Waals surface area contributed by atoms with Crippen LogP contribution in [0.25, 0.3) is 0 Å². The third-order valence-electron chi connectivity index (χ3n) is 2.03. The minimum atomic E-state index is -0.162. The molecule has 0 aromatic rings. The molecule has 3 heteroatoms. The van der Waals surface area contributed by atoms with Crippen molar-refractivity contribution >= 4 is 5.97 Å². The third kappa shape index (κ3) is 7.37. The summed E-state index contributed by atoms with van der Waals surface area (Å²) in [6.45, 7) is 11.6. The molecule has 0 radical (unpaired) electrons. The molecule has 0 amide bonds. The molecule has 0 saturated heterocycles. The van der Waals surface area contributed by atoms with Crippen molar-refractivity contribution in [2.24, 2.45) is 5.41 Å². The van der Waals surface area contributed by atoms with E-state index in [0.717, 1.165) is 19.4 Å². The third-order valence-corrected chi connectivity index (χ3v) is 2.03. The monoisotopic (exact) mass is 215 g/mol. The Kier molecular flexibility index (Phi) is 6.57. The molecule has 0 spiro atoms. The summed E-state index contributed by atoms with van der Waals surface area (Å²) in [5.74, 6) is -0.124. The largest absolute Gasteiger partial charge is 0.465 e. The topological polar surface area (TPSA) is 38.3 Å². The molecule has 1 unspecified atom stereocenters. The number of ether oxygens (including phenoxy) is 1. The van der Waals surface area contributed by atoms with Crippen LogP contribution < -0.4 is 5.32 Å². The van der Waals surface area contributed by atoms with Gasteiger partial charge in [-0.1, -0.05) is 27.7 Å². The van der Waals surface area contributed by atoms with E-state index in [9.17, 15) is 4.79 Å². The van der Waals surface area contributed by atoms with Crippen molar-refractivity contribution in [3.05, 3.63) is 0 Å². The summed E-state index contributed by atoms with van der Waals surface area (Å²) in [5.41, 5.74) is 0.137. The van der Waals surface area contributed by atoms with Crippen molar-refractivity contribution in [2.45, 2.75) is 53.5 Å². The van der Waals surface area contributed by atoms with E-state index >= 15 is 0 Å². The molecule has 0 aromatic heterocycles. The molecule has 0 aliphatic heterocycles. The van der Waals surface area contributed by atoms with Gasteiger partial charge < -0.3 is 10.1 Å². The van der Waals surface area contributed by atoms with Crippen LogP contribution in [0.4, 0.5) is 0 Å². The predicted octanol–water partition coefficient (Wildman–Crippen LogP) is 2.35. The smallest absolute Gasteiger partial charge is 0.323 e. The van der Waals surface area contributed by atoms with E-state index in [0.29, 0.717) is 6.61 Å². The zero-order valence-corrected chi connectivity index (χ0v) is 10.7. The van der Waals surface area contributed by atoms with Gasteiger partial charge in [-0.25, -0.2) is 0 Å². The second-order valence-electron chi connectivity index (χ2n) is 5.02. The average Bonchev–Trinajstić information content (AvgIpc) is 2.10. The first-order valence-corrected chi connectivity index (χ1v) is 5.80. The lowest BCUT2D eigenvalue weighted by Crippen LogP contribution is -2.41. The average molecular weight is 215 g/mol. The Bertz CT molecular complexity index is 185. The van der Waals surface area contributed by atoms with Crippen LogP contribution in [0.1, 0.15) is 47.5 Å². The molecule has 0 saturated carbocycles. The highest BCUT2D eigenvalue weighted by molar-refractivity contribution is 5.75. The molecule has 0 fully saturated rings. The minimum absolute atomic E-state index is 0.124. The second kappa shape index (κ2) is 6.83. The van der Waals surface area contributed by atoms with Crippen molar-refractivity contribution in [3.8, 4) is 0 Å². The Morgan fingerprint density at radius 2 is 1.93 bits per heavy atom. The van der Waals surface area contributed by atoms with Crippen molar-refractivity contribution in [1.82, 2.24) is 5.32 Å². The maximum absolute atomic E-state index is 11.6. The number of rotatable bonds is 6. The van der Waals surface area contributed by atoms with Gasteiger partial charge in [0.2, 0.25) is 0 Å². The molecular formula is C12H25NO2. The molecule has 1 atom stereocenters. The van der Waals surface area contributed by atoms with E-state index in [1.165, 1.54) is 0 Å². The van der Waals surface area contributed by atoms with Gasteiger partial charge in [-0.2, -0.15) is 0 Å². The van der Waals surface area contributed by atoms with E-state index in [2.05, 4.69) is 33.0 Å². The number of carbonyl (C=O) groups is 1. The Balaban J connectivity index is 4.23. The van der Waals surface area contributed by atoms with E-state index < -0.39 is 0 Å². The number of carbonyl (C=O) groups excluding carboxylic acids is 1. The van der Waals surface area contributed by atoms with Gasteiger partial charge in [0.25, 0.3) is 0 Å². The highest BCUT2D eigenvalue weighted by atomic mass is 16.5. The van der Waals surface area contributed by atoms with E-state index in [1.807, 2.05) is 6.92 Å². The zero-order chi connectivity index (χ0) is 11.9. The van der Waals surface area contributed by atoms with Gasteiger partial charge in [0.1, 0.15) is 6.04 Å². The van der Waals surface area contributed by atoms with Gasteiger partial charge >= 0.3 is 5.97 Å². The first-order valence-electron chi connectivity index (χ1n) is 5.80. The van der Waals surface area contributed by atoms with Gasteiger partial charge in [0, 0.05) is 0 Å². The number of hydrogen-bond donors (Lipinski definition) is 1. The summed E-state index contributed by atoms with van der Waals surface area (Å²) in [6, 6.07) is -0.162. The molecule has 0 aliphatic carbocycles. The summed E-state index contributed by atoms with van der Waals surface area (Å²) < 4.78 is 5.05. The highest BCUT2D eigenvalue weighted by Gasteiger charge is 2.25. The molecule has 3 nitrogen and oxygen atoms in total. The van der Waals surface area contributed by atoms with Crippen LogP contribution >= 0.6 is 0 Å². The Morgan fingerprint density at radius 1 is 1.33 bits per heavy atom. The quantitative estimate of drug-likeness (QED) is 0.691. The van der Waals surface area contributed by atoms with Crippen molar-refractivity contribution < 1.29 is 9.53 Å². The summed E-state index contributed by atoms with van der Waals surface area (Å²) in [4.78, 5) is 11.6. The van der Waals surface area contributed by atoms with Crippen molar-refractivity contribution in [2.75, 3.05) is 13.2 Å². The summed E-state index contributed by atoms with van der Waals surface area (Å²) in [5, 5.41) is 3.24. The molecule has 0 bridgehead atoms. The maximum Gasteiger partial charge on any atom is 0.323 e. The summed E-state index contributed by atoms with van der Waals surface area (Å²) in [6.07, 6.45) is 1.84. The summed E-state index contributed by atoms with van der Waals surface area (Å²) in [7, 11) is 0. The van der Waals surface area contributed by atoms with Gasteiger partial charge in [-0.15, -0.1) is 0 Å². The second-order valence-corrected chi connectivity index (χ2v) is 5.02. The van der Waals surface area contributed by atoms with Gasteiger partial charge in [-0.05, 0) is 31.7 Å². The zero-order valence-electron chi connectivity index (χ0n) is 10.7. The lowest BCUT2D eigenvalue weighted by atomic mass is 9.88. The maximum atomic E-state index is 11.6. The van der Waals surface area contributed by atoms with Crippen LogP contribution in [-0.2, 0) is 9.53 Å². The molecule has 0 heterocycles. The lowest BCUT2D eigenvalue weighted by Gasteiger charge is -2.25. The first-order chi connectivity index (χ1) is 6.90. The first kappa shape index (κ1) is 14.4. The van der Waals surface area contributed by atoms with Gasteiger partial charge in [-0.3, -0.25) is 4.79 Å². The van der Waals surface area contributed by atoms with Gasteiger partial charge in [0.05, 0.1) is 6.61 Å². The fourth-order valence-electron chi connectivity index (χ4n) is 1.41. The van der Waals surface area contributed by atoms with E-state index in [1.54, 1.807) is 0 Å². The molecule has 0 aliphatic rings. The van der Waals surface area contributed by atoms with Crippen LogP contribution in [0.3, 0.4) is 0 Å². The molecule has 1 N–H and O–H groups in total. The highest BCUT2D eigenvalue weighted by Crippen LogP contribution is 2.21. The summed E-state index contributed by atoms with van der Waals surface area (Å²) >= 11 is 0. The van der Waals surface area contributed by atoms with E-state index in [4.69, 9.17) is 4.74 Å². The molecule has 0 aromatic carbocycles. The van der Waals surface area contributed by atoms with Crippen LogP contribution in [0.15, 0.2) is 0 Å². The Morgan fingerprint density at radius 3 is 2.33 bits per heavy atom. The molecule has 15 heavy (non-hydrogen) atoms. The van der Waals surface area contributed by atoms with Crippen LogP contribution in [0, 0.1) is 5.41 Å². The van der Waals surface area contributed by atoms with Crippen LogP contribution in [0.5, 0.6) is 0 Å². The minimum Gasteiger partial charge on any atom is -0.465 e. The fourth-order valence-corrected chi connectivity index (χ4v) is 1.41. The van der Waals surface area contributed by atoms with Crippen LogP contribution in [-0.4, -0.2) is 25.2 Å². The standard InChI is InChI=1S/C12H25NO2/c1-6-8-13-10(9-12(3,4)5)11(14)15-7-2/h10,13H,6-9H2,1-5H3. The number of esters is 1. The Labute approximate surface area is 93.6 Å². The Hall–Kier alpha value is -0.570. The lowest BCUT2D eigenvalue weighted by molar-refractivity contribution is -0.146. The van der Waals surface area contributed by atoms with Crippen LogP contribution in [0.2, 0.25) is 0 Å². The van der Waals surface area contributed by atoms with Gasteiger partial charge in [0.15, 0.2) is 0 Å². The fraction of sp³-hybridized carbons (Fsp3) is 0.917.